The van der Waals surface area contributed by atoms with Crippen molar-refractivity contribution in [1.29, 1.82) is 0 Å². The molecule has 0 amide bonds. The van der Waals surface area contributed by atoms with Gasteiger partial charge in [0.1, 0.15) is 0 Å². The van der Waals surface area contributed by atoms with Gasteiger partial charge in [-0.3, -0.25) is 0 Å². The van der Waals surface area contributed by atoms with Crippen LogP contribution in [-0.2, 0) is 0 Å². The lowest BCUT2D eigenvalue weighted by molar-refractivity contribution is 0.653. The van der Waals surface area contributed by atoms with Gasteiger partial charge in [0, 0.05) is 31.9 Å². The monoisotopic (exact) mass is 281 g/mol. The lowest BCUT2D eigenvalue weighted by atomic mass is 10.1. The zero-order valence-electron chi connectivity index (χ0n) is 12.8. The van der Waals surface area contributed by atoms with Gasteiger partial charge in [0.05, 0.1) is 11.4 Å². The zero-order chi connectivity index (χ0) is 14.8. The molecule has 0 aromatic heterocycles. The molecule has 1 aliphatic heterocycles. The van der Waals surface area contributed by atoms with Gasteiger partial charge in [-0.25, -0.2) is 0 Å². The van der Waals surface area contributed by atoms with E-state index in [-0.39, 0.29) is 0 Å². The van der Waals surface area contributed by atoms with Crippen LogP contribution in [0.3, 0.4) is 0 Å². The molecule has 3 nitrogen and oxygen atoms in total. The molecule has 0 atom stereocenters. The number of benzene rings is 2. The van der Waals surface area contributed by atoms with Crippen LogP contribution in [0.1, 0.15) is 11.1 Å². The molecule has 1 fully saturated rings. The smallest absolute Gasteiger partial charge is 0.0630 e. The Labute approximate surface area is 127 Å². The van der Waals surface area contributed by atoms with Crippen LogP contribution in [0.5, 0.6) is 0 Å². The van der Waals surface area contributed by atoms with E-state index < -0.39 is 0 Å². The molecule has 0 aliphatic carbocycles. The Hall–Kier alpha value is -2.16. The SMILES string of the molecule is Cc1cccc(N2CCN(c3c(C)cccc3N)CC2)c1. The van der Waals surface area contributed by atoms with E-state index in [0.717, 1.165) is 31.9 Å². The summed E-state index contributed by atoms with van der Waals surface area (Å²) in [7, 11) is 0. The maximum absolute atomic E-state index is 6.16. The van der Waals surface area contributed by atoms with E-state index in [4.69, 9.17) is 5.73 Å². The topological polar surface area (TPSA) is 32.5 Å². The Morgan fingerprint density at radius 1 is 0.857 bits per heavy atom. The third kappa shape index (κ3) is 2.82. The second-order valence-electron chi connectivity index (χ2n) is 5.83. The molecule has 0 radical (unpaired) electrons. The predicted octanol–water partition coefficient (Wildman–Crippen LogP) is 3.21. The average molecular weight is 281 g/mol. The summed E-state index contributed by atoms with van der Waals surface area (Å²) >= 11 is 0. The van der Waals surface area contributed by atoms with Gasteiger partial charge in [-0.1, -0.05) is 24.3 Å². The summed E-state index contributed by atoms with van der Waals surface area (Å²) in [5.41, 5.74) is 12.2. The minimum atomic E-state index is 0.888. The molecule has 2 aromatic rings. The Kier molecular flexibility index (Phi) is 3.74. The first-order valence-electron chi connectivity index (χ1n) is 7.57. The summed E-state index contributed by atoms with van der Waals surface area (Å²) in [6, 6.07) is 14.9. The number of nitrogens with zero attached hydrogens (tertiary/aromatic N) is 2. The molecule has 0 saturated carbocycles. The Balaban J connectivity index is 1.73. The highest BCUT2D eigenvalue weighted by atomic mass is 15.3. The Morgan fingerprint density at radius 3 is 2.19 bits per heavy atom. The number of para-hydroxylation sites is 1. The summed E-state index contributed by atoms with van der Waals surface area (Å²) < 4.78 is 0. The highest BCUT2D eigenvalue weighted by Gasteiger charge is 2.20. The van der Waals surface area contributed by atoms with Crippen LogP contribution in [0.15, 0.2) is 42.5 Å². The van der Waals surface area contributed by atoms with Gasteiger partial charge in [-0.15, -0.1) is 0 Å². The Bertz CT molecular complexity index is 608. The molecule has 2 aromatic carbocycles. The van der Waals surface area contributed by atoms with Crippen molar-refractivity contribution in [1.82, 2.24) is 0 Å². The minimum Gasteiger partial charge on any atom is -0.397 e. The molecule has 2 N–H and O–H groups in total. The normalized spacial score (nSPS) is 15.3. The zero-order valence-corrected chi connectivity index (χ0v) is 12.8. The van der Waals surface area contributed by atoms with E-state index >= 15 is 0 Å². The van der Waals surface area contributed by atoms with Crippen molar-refractivity contribution in [3.8, 4) is 0 Å². The molecule has 0 unspecified atom stereocenters. The van der Waals surface area contributed by atoms with E-state index in [1.54, 1.807) is 0 Å². The molecule has 3 heteroatoms. The first kappa shape index (κ1) is 13.8. The lowest BCUT2D eigenvalue weighted by Crippen LogP contribution is -2.47. The van der Waals surface area contributed by atoms with Crippen molar-refractivity contribution in [3.05, 3.63) is 53.6 Å². The molecule has 1 heterocycles. The Morgan fingerprint density at radius 2 is 1.52 bits per heavy atom. The number of anilines is 3. The second-order valence-corrected chi connectivity index (χ2v) is 5.83. The van der Waals surface area contributed by atoms with Crippen LogP contribution in [-0.4, -0.2) is 26.2 Å². The fourth-order valence-corrected chi connectivity index (χ4v) is 3.13. The van der Waals surface area contributed by atoms with E-state index in [1.165, 1.54) is 22.5 Å². The third-order valence-electron chi connectivity index (χ3n) is 4.23. The van der Waals surface area contributed by atoms with E-state index in [2.05, 4.69) is 54.0 Å². The van der Waals surface area contributed by atoms with Crippen LogP contribution < -0.4 is 15.5 Å². The predicted molar refractivity (Wildman–Crippen MR) is 91.2 cm³/mol. The van der Waals surface area contributed by atoms with Gasteiger partial charge >= 0.3 is 0 Å². The van der Waals surface area contributed by atoms with Crippen molar-refractivity contribution >= 4 is 17.1 Å². The van der Waals surface area contributed by atoms with Crippen molar-refractivity contribution in [2.45, 2.75) is 13.8 Å². The van der Waals surface area contributed by atoms with E-state index in [1.807, 2.05) is 12.1 Å². The summed E-state index contributed by atoms with van der Waals surface area (Å²) in [5.74, 6) is 0. The van der Waals surface area contributed by atoms with Crippen molar-refractivity contribution in [3.63, 3.8) is 0 Å². The summed E-state index contributed by atoms with van der Waals surface area (Å²) in [4.78, 5) is 4.87. The maximum Gasteiger partial charge on any atom is 0.0630 e. The summed E-state index contributed by atoms with van der Waals surface area (Å²) in [5, 5.41) is 0. The van der Waals surface area contributed by atoms with E-state index in [9.17, 15) is 0 Å². The van der Waals surface area contributed by atoms with Crippen LogP contribution in [0.25, 0.3) is 0 Å². The molecule has 1 saturated heterocycles. The van der Waals surface area contributed by atoms with Crippen molar-refractivity contribution in [2.24, 2.45) is 0 Å². The number of hydrogen-bond donors (Lipinski definition) is 1. The fourth-order valence-electron chi connectivity index (χ4n) is 3.13. The highest BCUT2D eigenvalue weighted by Crippen LogP contribution is 2.29. The molecule has 110 valence electrons. The van der Waals surface area contributed by atoms with Crippen LogP contribution >= 0.6 is 0 Å². The molecule has 0 spiro atoms. The van der Waals surface area contributed by atoms with Crippen molar-refractivity contribution in [2.75, 3.05) is 41.7 Å². The van der Waals surface area contributed by atoms with Crippen LogP contribution in [0, 0.1) is 13.8 Å². The molecular weight excluding hydrogens is 258 g/mol. The maximum atomic E-state index is 6.16. The number of aryl methyl sites for hydroxylation is 2. The third-order valence-corrected chi connectivity index (χ3v) is 4.23. The van der Waals surface area contributed by atoms with E-state index in [0.29, 0.717) is 0 Å². The van der Waals surface area contributed by atoms with Crippen molar-refractivity contribution < 1.29 is 0 Å². The van der Waals surface area contributed by atoms with Gasteiger partial charge in [0.25, 0.3) is 0 Å². The largest absolute Gasteiger partial charge is 0.397 e. The number of nitrogens with two attached hydrogens (primary N) is 1. The summed E-state index contributed by atoms with van der Waals surface area (Å²) in [6.07, 6.45) is 0. The van der Waals surface area contributed by atoms with Gasteiger partial charge in [0.2, 0.25) is 0 Å². The molecule has 1 aliphatic rings. The first-order valence-corrected chi connectivity index (χ1v) is 7.57. The number of piperazine rings is 1. The van der Waals surface area contributed by atoms with Gasteiger partial charge in [-0.2, -0.15) is 0 Å². The van der Waals surface area contributed by atoms with Gasteiger partial charge < -0.3 is 15.5 Å². The average Bonchev–Trinajstić information content (AvgIpc) is 2.48. The molecule has 21 heavy (non-hydrogen) atoms. The first-order chi connectivity index (χ1) is 10.1. The number of hydrogen-bond acceptors (Lipinski definition) is 3. The summed E-state index contributed by atoms with van der Waals surface area (Å²) in [6.45, 7) is 8.40. The second kappa shape index (κ2) is 5.68. The lowest BCUT2D eigenvalue weighted by Gasteiger charge is -2.38. The van der Waals surface area contributed by atoms with Gasteiger partial charge in [0.15, 0.2) is 0 Å². The molecular formula is C18H23N3. The standard InChI is InChI=1S/C18H23N3/c1-14-5-3-7-16(13-14)20-9-11-21(12-10-20)18-15(2)6-4-8-17(18)19/h3-8,13H,9-12,19H2,1-2H3. The molecule has 3 rings (SSSR count). The molecule has 0 bridgehead atoms. The van der Waals surface area contributed by atoms with Gasteiger partial charge in [-0.05, 0) is 43.2 Å². The van der Waals surface area contributed by atoms with Crippen LogP contribution in [0.2, 0.25) is 0 Å². The fraction of sp³-hybridized carbons (Fsp3) is 0.333. The minimum absolute atomic E-state index is 0.888. The van der Waals surface area contributed by atoms with Crippen LogP contribution in [0.4, 0.5) is 17.1 Å². The number of nitrogen functional groups attached to an aromatic ring is 1. The highest BCUT2D eigenvalue weighted by molar-refractivity contribution is 5.72. The number of rotatable bonds is 2. The quantitative estimate of drug-likeness (QED) is 0.858.